The molecule has 0 aliphatic heterocycles. The van der Waals surface area contributed by atoms with Gasteiger partial charge in [-0.15, -0.1) is 0 Å². The molecule has 0 bridgehead atoms. The van der Waals surface area contributed by atoms with E-state index in [9.17, 15) is 4.79 Å². The first-order valence-corrected chi connectivity index (χ1v) is 7.46. The summed E-state index contributed by atoms with van der Waals surface area (Å²) < 4.78 is 5.64. The number of benzene rings is 1. The number of nitrogens with zero attached hydrogens (tertiary/aromatic N) is 1. The molecule has 5 heteroatoms. The van der Waals surface area contributed by atoms with Gasteiger partial charge in [0.15, 0.2) is 5.76 Å². The van der Waals surface area contributed by atoms with Crippen molar-refractivity contribution in [3.8, 4) is 0 Å². The maximum atomic E-state index is 12.4. The van der Waals surface area contributed by atoms with Crippen LogP contribution < -0.4 is 5.43 Å². The molecule has 0 unspecified atom stereocenters. The Morgan fingerprint density at radius 3 is 2.61 bits per heavy atom. The van der Waals surface area contributed by atoms with Gasteiger partial charge in [-0.2, -0.15) is 5.10 Å². The topological polar surface area (TPSA) is 70.4 Å². The first-order chi connectivity index (χ1) is 11.0. The van der Waals surface area contributed by atoms with Gasteiger partial charge in [0.05, 0.1) is 5.71 Å². The van der Waals surface area contributed by atoms with Gasteiger partial charge in [0.2, 0.25) is 0 Å². The smallest absolute Gasteiger partial charge is 0.307 e. The number of nitrogens with one attached hydrogen (secondary N) is 2. The predicted molar refractivity (Wildman–Crippen MR) is 90.9 cm³/mol. The van der Waals surface area contributed by atoms with E-state index in [1.165, 1.54) is 0 Å². The summed E-state index contributed by atoms with van der Waals surface area (Å²) in [7, 11) is 0. The number of carbonyl (C=O) groups excluding carboxylic acids is 1. The molecule has 0 radical (unpaired) electrons. The number of fused-ring (bicyclic) bond motifs is 1. The summed E-state index contributed by atoms with van der Waals surface area (Å²) >= 11 is 0. The number of aromatic amines is 1. The van der Waals surface area contributed by atoms with Gasteiger partial charge in [0, 0.05) is 28.4 Å². The number of furan rings is 1. The van der Waals surface area contributed by atoms with Crippen molar-refractivity contribution in [1.82, 2.24) is 10.4 Å². The number of hydrogen-bond acceptors (Lipinski definition) is 3. The average Bonchev–Trinajstić information content (AvgIpc) is 3.05. The van der Waals surface area contributed by atoms with E-state index in [-0.39, 0.29) is 5.91 Å². The number of aromatic nitrogens is 1. The molecule has 1 amide bonds. The van der Waals surface area contributed by atoms with Gasteiger partial charge >= 0.3 is 5.91 Å². The summed E-state index contributed by atoms with van der Waals surface area (Å²) in [4.78, 5) is 15.5. The molecular weight excluding hydrogens is 290 g/mol. The van der Waals surface area contributed by atoms with Crippen LogP contribution in [0.1, 0.15) is 39.9 Å². The first kappa shape index (κ1) is 15.1. The van der Waals surface area contributed by atoms with Crippen molar-refractivity contribution in [2.24, 2.45) is 5.10 Å². The van der Waals surface area contributed by atoms with Crippen molar-refractivity contribution in [2.45, 2.75) is 27.7 Å². The molecule has 0 spiro atoms. The van der Waals surface area contributed by atoms with Crippen molar-refractivity contribution < 1.29 is 9.21 Å². The highest BCUT2D eigenvalue weighted by Gasteiger charge is 2.17. The minimum absolute atomic E-state index is 0.297. The largest absolute Gasteiger partial charge is 0.451 e. The van der Waals surface area contributed by atoms with Crippen LogP contribution in [0.3, 0.4) is 0 Å². The zero-order valence-corrected chi connectivity index (χ0v) is 13.7. The van der Waals surface area contributed by atoms with Crippen LogP contribution in [0.25, 0.3) is 11.0 Å². The molecule has 3 aromatic rings. The third-order valence-electron chi connectivity index (χ3n) is 4.01. The second-order valence-corrected chi connectivity index (χ2v) is 5.66. The molecule has 0 aliphatic carbocycles. The van der Waals surface area contributed by atoms with E-state index in [0.717, 1.165) is 33.5 Å². The Bertz CT molecular complexity index is 896. The molecule has 118 valence electrons. The normalized spacial score (nSPS) is 11.9. The molecule has 2 heterocycles. The Morgan fingerprint density at radius 2 is 1.96 bits per heavy atom. The van der Waals surface area contributed by atoms with Crippen LogP contribution in [0.4, 0.5) is 0 Å². The molecule has 0 aliphatic rings. The summed E-state index contributed by atoms with van der Waals surface area (Å²) in [6, 6.07) is 7.59. The van der Waals surface area contributed by atoms with Crippen molar-refractivity contribution in [3.05, 3.63) is 58.6 Å². The van der Waals surface area contributed by atoms with Crippen molar-refractivity contribution in [2.75, 3.05) is 0 Å². The second kappa shape index (κ2) is 5.76. The molecule has 2 aromatic heterocycles. The lowest BCUT2D eigenvalue weighted by Crippen LogP contribution is -2.19. The zero-order chi connectivity index (χ0) is 16.6. The number of H-pyrrole nitrogens is 1. The van der Waals surface area contributed by atoms with E-state index >= 15 is 0 Å². The lowest BCUT2D eigenvalue weighted by molar-refractivity contribution is 0.0928. The van der Waals surface area contributed by atoms with Gasteiger partial charge in [-0.1, -0.05) is 18.2 Å². The third-order valence-corrected chi connectivity index (χ3v) is 4.01. The maximum Gasteiger partial charge on any atom is 0.307 e. The molecule has 2 N–H and O–H groups in total. The van der Waals surface area contributed by atoms with Gasteiger partial charge < -0.3 is 9.40 Å². The molecule has 1 aromatic carbocycles. The van der Waals surface area contributed by atoms with Gasteiger partial charge in [-0.25, -0.2) is 5.43 Å². The van der Waals surface area contributed by atoms with E-state index in [0.29, 0.717) is 11.3 Å². The Kier molecular flexibility index (Phi) is 3.78. The minimum atomic E-state index is -0.344. The summed E-state index contributed by atoms with van der Waals surface area (Å²) in [5.41, 5.74) is 8.00. The fourth-order valence-electron chi connectivity index (χ4n) is 2.85. The van der Waals surface area contributed by atoms with Crippen molar-refractivity contribution >= 4 is 22.6 Å². The number of aryl methyl sites for hydroxylation is 3. The van der Waals surface area contributed by atoms with E-state index in [4.69, 9.17) is 4.42 Å². The van der Waals surface area contributed by atoms with E-state index in [1.807, 2.05) is 58.2 Å². The molecule has 5 nitrogen and oxygen atoms in total. The van der Waals surface area contributed by atoms with Crippen LogP contribution in [-0.2, 0) is 0 Å². The molecule has 3 rings (SSSR count). The van der Waals surface area contributed by atoms with Crippen LogP contribution in [0.2, 0.25) is 0 Å². The van der Waals surface area contributed by atoms with Gasteiger partial charge in [-0.05, 0) is 39.3 Å². The highest BCUT2D eigenvalue weighted by atomic mass is 16.3. The standard InChI is InChI=1S/C18H19N3O2/c1-10-9-19-12(3)16(10)13(4)20-21-18(22)17-11(2)14-7-5-6-8-15(14)23-17/h5-9,19H,1-4H3,(H,21,22)/b20-13+. The fourth-order valence-corrected chi connectivity index (χ4v) is 2.85. The molecule has 23 heavy (non-hydrogen) atoms. The predicted octanol–water partition coefficient (Wildman–Crippen LogP) is 3.84. The number of rotatable bonds is 3. The zero-order valence-electron chi connectivity index (χ0n) is 13.7. The number of hydrazone groups is 1. The SMILES string of the molecule is C/C(=N\NC(=O)c1oc2ccccc2c1C)c1c(C)c[nH]c1C. The monoisotopic (exact) mass is 309 g/mol. The number of para-hydroxylation sites is 1. The third kappa shape index (κ3) is 2.65. The van der Waals surface area contributed by atoms with Crippen molar-refractivity contribution in [3.63, 3.8) is 0 Å². The summed E-state index contributed by atoms with van der Waals surface area (Å²) in [5.74, 6) is -0.0471. The highest BCUT2D eigenvalue weighted by Crippen LogP contribution is 2.24. The molecule has 0 saturated heterocycles. The Morgan fingerprint density at radius 1 is 1.22 bits per heavy atom. The Labute approximate surface area is 134 Å². The van der Waals surface area contributed by atoms with Crippen LogP contribution in [0.15, 0.2) is 40.0 Å². The van der Waals surface area contributed by atoms with Crippen molar-refractivity contribution in [1.29, 1.82) is 0 Å². The number of hydrogen-bond donors (Lipinski definition) is 2. The van der Waals surface area contributed by atoms with Crippen LogP contribution in [0.5, 0.6) is 0 Å². The maximum absolute atomic E-state index is 12.4. The summed E-state index contributed by atoms with van der Waals surface area (Å²) in [6.07, 6.45) is 1.93. The fraction of sp³-hybridized carbons (Fsp3) is 0.222. The lowest BCUT2D eigenvalue weighted by Gasteiger charge is -2.03. The van der Waals surface area contributed by atoms with Gasteiger partial charge in [-0.3, -0.25) is 4.79 Å². The molecule has 0 atom stereocenters. The first-order valence-electron chi connectivity index (χ1n) is 7.46. The second-order valence-electron chi connectivity index (χ2n) is 5.66. The van der Waals surface area contributed by atoms with Gasteiger partial charge in [0.1, 0.15) is 5.58 Å². The quantitative estimate of drug-likeness (QED) is 0.570. The lowest BCUT2D eigenvalue weighted by atomic mass is 10.1. The Hall–Kier alpha value is -2.82. The minimum Gasteiger partial charge on any atom is -0.451 e. The average molecular weight is 309 g/mol. The summed E-state index contributed by atoms with van der Waals surface area (Å²) in [5, 5.41) is 5.15. The van der Waals surface area contributed by atoms with E-state index in [2.05, 4.69) is 15.5 Å². The Balaban J connectivity index is 1.86. The van der Waals surface area contributed by atoms with Crippen LogP contribution in [0, 0.1) is 20.8 Å². The van der Waals surface area contributed by atoms with E-state index in [1.54, 1.807) is 0 Å². The molecule has 0 fully saturated rings. The molecular formula is C18H19N3O2. The number of carbonyl (C=O) groups is 1. The number of amides is 1. The summed E-state index contributed by atoms with van der Waals surface area (Å²) in [6.45, 7) is 7.72. The van der Waals surface area contributed by atoms with E-state index < -0.39 is 0 Å². The van der Waals surface area contributed by atoms with Crippen LogP contribution >= 0.6 is 0 Å². The van der Waals surface area contributed by atoms with Crippen LogP contribution in [-0.4, -0.2) is 16.6 Å². The highest BCUT2D eigenvalue weighted by molar-refractivity contribution is 6.03. The molecule has 0 saturated carbocycles. The van der Waals surface area contributed by atoms with Gasteiger partial charge in [0.25, 0.3) is 0 Å².